The molecule has 1 amide bonds. The smallest absolute Gasteiger partial charge is 0.259 e. The molecular formula is C22H24N4O5S2. The zero-order chi connectivity index (χ0) is 23.2. The Labute approximate surface area is 196 Å². The van der Waals surface area contributed by atoms with E-state index in [1.807, 2.05) is 6.07 Å². The number of carbonyl (C=O) groups is 1. The Morgan fingerprint density at radius 1 is 1.09 bits per heavy atom. The molecule has 3 aromatic rings. The van der Waals surface area contributed by atoms with Gasteiger partial charge < -0.3 is 14.4 Å². The zero-order valence-electron chi connectivity index (χ0n) is 18.3. The number of benzene rings is 2. The molecule has 0 saturated carbocycles. The highest BCUT2D eigenvalue weighted by Gasteiger charge is 2.25. The van der Waals surface area contributed by atoms with Crippen molar-refractivity contribution >= 4 is 48.3 Å². The standard InChI is InChI=1S/C22H24N4O5S2/c1-25(2)33(28,29)14-5-6-17(26-7-3-4-8-26)15(11-14)21(27)24-22-23-16-12-18-19(13-20(16)32-22)31-10-9-30-18/h5-6,11-13H,3-4,7-10H2,1-2H3,(H,23,24,27). The van der Waals surface area contributed by atoms with Gasteiger partial charge in [-0.1, -0.05) is 11.3 Å². The number of nitrogens with zero attached hydrogens (tertiary/aromatic N) is 3. The number of anilines is 2. The molecule has 0 bridgehead atoms. The molecule has 0 radical (unpaired) electrons. The van der Waals surface area contributed by atoms with Gasteiger partial charge in [-0.2, -0.15) is 0 Å². The second-order valence-corrected chi connectivity index (χ2v) is 11.3. The van der Waals surface area contributed by atoms with Crippen molar-refractivity contribution in [1.82, 2.24) is 9.29 Å². The molecular weight excluding hydrogens is 464 g/mol. The van der Waals surface area contributed by atoms with Gasteiger partial charge in [-0.3, -0.25) is 10.1 Å². The van der Waals surface area contributed by atoms with Crippen molar-refractivity contribution in [3.63, 3.8) is 0 Å². The van der Waals surface area contributed by atoms with E-state index in [4.69, 9.17) is 9.47 Å². The number of aromatic nitrogens is 1. The first-order chi connectivity index (χ1) is 15.8. The van der Waals surface area contributed by atoms with Crippen molar-refractivity contribution in [2.45, 2.75) is 17.7 Å². The third-order valence-electron chi connectivity index (χ3n) is 5.71. The lowest BCUT2D eigenvalue weighted by molar-refractivity contribution is 0.102. The van der Waals surface area contributed by atoms with Gasteiger partial charge in [0.05, 0.1) is 20.7 Å². The van der Waals surface area contributed by atoms with E-state index in [-0.39, 0.29) is 4.90 Å². The van der Waals surface area contributed by atoms with E-state index in [1.54, 1.807) is 18.2 Å². The fourth-order valence-electron chi connectivity index (χ4n) is 3.98. The quantitative estimate of drug-likeness (QED) is 0.589. The number of carbonyl (C=O) groups excluding carboxylic acids is 1. The summed E-state index contributed by atoms with van der Waals surface area (Å²) in [5, 5.41) is 3.28. The summed E-state index contributed by atoms with van der Waals surface area (Å²) in [7, 11) is -0.742. The van der Waals surface area contributed by atoms with Crippen molar-refractivity contribution in [3.05, 3.63) is 35.9 Å². The van der Waals surface area contributed by atoms with Gasteiger partial charge in [-0.05, 0) is 31.0 Å². The summed E-state index contributed by atoms with van der Waals surface area (Å²) in [6.45, 7) is 2.63. The molecule has 9 nitrogen and oxygen atoms in total. The first-order valence-corrected chi connectivity index (χ1v) is 12.9. The van der Waals surface area contributed by atoms with Crippen LogP contribution in [0.1, 0.15) is 23.2 Å². The Kier molecular flexibility index (Phi) is 5.63. The molecule has 174 valence electrons. The number of rotatable bonds is 5. The minimum Gasteiger partial charge on any atom is -0.486 e. The second-order valence-electron chi connectivity index (χ2n) is 8.10. The molecule has 2 aliphatic rings. The molecule has 0 unspecified atom stereocenters. The lowest BCUT2D eigenvalue weighted by atomic mass is 10.1. The van der Waals surface area contributed by atoms with Crippen molar-refractivity contribution in [1.29, 1.82) is 0 Å². The summed E-state index contributed by atoms with van der Waals surface area (Å²) in [5.41, 5.74) is 1.73. The Bertz CT molecular complexity index is 1290. The number of fused-ring (bicyclic) bond motifs is 2. The topological polar surface area (TPSA) is 101 Å². The van der Waals surface area contributed by atoms with E-state index >= 15 is 0 Å². The van der Waals surface area contributed by atoms with Crippen LogP contribution in [0.3, 0.4) is 0 Å². The lowest BCUT2D eigenvalue weighted by Gasteiger charge is -2.22. The van der Waals surface area contributed by atoms with Crippen molar-refractivity contribution < 1.29 is 22.7 Å². The molecule has 5 rings (SSSR count). The number of hydrogen-bond donors (Lipinski definition) is 1. The molecule has 0 spiro atoms. The minimum atomic E-state index is -3.68. The van der Waals surface area contributed by atoms with Crippen LogP contribution in [0.5, 0.6) is 11.5 Å². The largest absolute Gasteiger partial charge is 0.486 e. The number of nitrogens with one attached hydrogen (secondary N) is 1. The monoisotopic (exact) mass is 488 g/mol. The van der Waals surface area contributed by atoms with Crippen LogP contribution in [-0.2, 0) is 10.0 Å². The maximum atomic E-state index is 13.3. The third kappa shape index (κ3) is 4.11. The van der Waals surface area contributed by atoms with Gasteiger partial charge in [0.15, 0.2) is 16.6 Å². The number of thiazole rings is 1. The second kappa shape index (κ2) is 8.47. The van der Waals surface area contributed by atoms with Crippen molar-refractivity contribution in [3.8, 4) is 11.5 Å². The van der Waals surface area contributed by atoms with Gasteiger partial charge in [0.1, 0.15) is 13.2 Å². The Hall–Kier alpha value is -2.89. The highest BCUT2D eigenvalue weighted by molar-refractivity contribution is 7.89. The zero-order valence-corrected chi connectivity index (χ0v) is 20.0. The molecule has 1 N–H and O–H groups in total. The molecule has 2 aliphatic heterocycles. The van der Waals surface area contributed by atoms with Crippen LogP contribution in [0, 0.1) is 0 Å². The summed E-state index contributed by atoms with van der Waals surface area (Å²) in [5.74, 6) is 0.895. The van der Waals surface area contributed by atoms with Crippen LogP contribution in [0.4, 0.5) is 10.8 Å². The average Bonchev–Trinajstić information content (AvgIpc) is 3.46. The first-order valence-electron chi connectivity index (χ1n) is 10.7. The van der Waals surface area contributed by atoms with Crippen molar-refractivity contribution in [2.75, 3.05) is 50.6 Å². The van der Waals surface area contributed by atoms with Gasteiger partial charge in [-0.15, -0.1) is 0 Å². The predicted molar refractivity (Wildman–Crippen MR) is 127 cm³/mol. The van der Waals surface area contributed by atoms with Gasteiger partial charge in [0, 0.05) is 45.0 Å². The van der Waals surface area contributed by atoms with Crippen LogP contribution in [0.15, 0.2) is 35.2 Å². The number of hydrogen-bond acceptors (Lipinski definition) is 8. The molecule has 0 atom stereocenters. The van der Waals surface area contributed by atoms with Crippen LogP contribution in [-0.4, -0.2) is 64.0 Å². The normalized spacial score (nSPS) is 15.9. The number of sulfonamides is 1. The summed E-state index contributed by atoms with van der Waals surface area (Å²) >= 11 is 1.33. The van der Waals surface area contributed by atoms with Crippen molar-refractivity contribution in [2.24, 2.45) is 0 Å². The Morgan fingerprint density at radius 2 is 1.79 bits per heavy atom. The molecule has 0 aliphatic carbocycles. The average molecular weight is 489 g/mol. The Morgan fingerprint density at radius 3 is 2.48 bits per heavy atom. The van der Waals surface area contributed by atoms with E-state index in [1.165, 1.54) is 31.5 Å². The fraction of sp³-hybridized carbons (Fsp3) is 0.364. The highest BCUT2D eigenvalue weighted by atomic mass is 32.2. The van der Waals surface area contributed by atoms with Crippen LogP contribution >= 0.6 is 11.3 Å². The summed E-state index contributed by atoms with van der Waals surface area (Å²) in [6, 6.07) is 8.39. The maximum Gasteiger partial charge on any atom is 0.259 e. The molecule has 33 heavy (non-hydrogen) atoms. The highest BCUT2D eigenvalue weighted by Crippen LogP contribution is 2.38. The fourth-order valence-corrected chi connectivity index (χ4v) is 5.78. The molecule has 11 heteroatoms. The molecule has 1 aromatic heterocycles. The third-order valence-corrected chi connectivity index (χ3v) is 8.46. The van der Waals surface area contributed by atoms with Gasteiger partial charge >= 0.3 is 0 Å². The summed E-state index contributed by atoms with van der Waals surface area (Å²) in [6.07, 6.45) is 2.07. The van der Waals surface area contributed by atoms with E-state index in [0.29, 0.717) is 40.9 Å². The Balaban J connectivity index is 1.50. The molecule has 1 saturated heterocycles. The first kappa shape index (κ1) is 21.9. The van der Waals surface area contributed by atoms with Crippen LogP contribution in [0.25, 0.3) is 10.2 Å². The molecule has 2 aromatic carbocycles. The van der Waals surface area contributed by atoms with E-state index in [2.05, 4.69) is 15.2 Å². The summed E-state index contributed by atoms with van der Waals surface area (Å²) < 4.78 is 38.6. The van der Waals surface area contributed by atoms with Gasteiger partial charge in [0.2, 0.25) is 10.0 Å². The maximum absolute atomic E-state index is 13.3. The van der Waals surface area contributed by atoms with E-state index in [9.17, 15) is 13.2 Å². The SMILES string of the molecule is CN(C)S(=O)(=O)c1ccc(N2CCCC2)c(C(=O)Nc2nc3cc4c(cc3s2)OCCO4)c1. The van der Waals surface area contributed by atoms with E-state index in [0.717, 1.165) is 40.6 Å². The number of amides is 1. The van der Waals surface area contributed by atoms with Crippen LogP contribution in [0.2, 0.25) is 0 Å². The lowest BCUT2D eigenvalue weighted by Crippen LogP contribution is -2.25. The molecule has 3 heterocycles. The minimum absolute atomic E-state index is 0.0758. The summed E-state index contributed by atoms with van der Waals surface area (Å²) in [4.78, 5) is 20.1. The number of ether oxygens (including phenoxy) is 2. The van der Waals surface area contributed by atoms with Gasteiger partial charge in [-0.25, -0.2) is 17.7 Å². The van der Waals surface area contributed by atoms with Gasteiger partial charge in [0.25, 0.3) is 5.91 Å². The van der Waals surface area contributed by atoms with Crippen LogP contribution < -0.4 is 19.7 Å². The van der Waals surface area contributed by atoms with E-state index < -0.39 is 15.9 Å². The predicted octanol–water partition coefficient (Wildman–Crippen LogP) is 3.17. The molecule has 1 fully saturated rings.